The zero-order valence-electron chi connectivity index (χ0n) is 10.1. The van der Waals surface area contributed by atoms with Crippen LogP contribution in [0.2, 0.25) is 0 Å². The Balaban J connectivity index is 2.15. The highest BCUT2D eigenvalue weighted by Crippen LogP contribution is 2.28. The van der Waals surface area contributed by atoms with E-state index in [1.54, 1.807) is 12.1 Å². The summed E-state index contributed by atoms with van der Waals surface area (Å²) in [6.45, 7) is 3.07. The van der Waals surface area contributed by atoms with Gasteiger partial charge in [-0.25, -0.2) is 4.39 Å². The summed E-state index contributed by atoms with van der Waals surface area (Å²) in [6, 6.07) is 5.92. The third-order valence-electron chi connectivity index (χ3n) is 3.19. The minimum absolute atomic E-state index is 0.233. The summed E-state index contributed by atoms with van der Waals surface area (Å²) in [7, 11) is 0. The molecule has 0 amide bonds. The van der Waals surface area contributed by atoms with Gasteiger partial charge in [0.2, 0.25) is 0 Å². The van der Waals surface area contributed by atoms with Gasteiger partial charge in [-0.2, -0.15) is 5.26 Å². The van der Waals surface area contributed by atoms with E-state index >= 15 is 0 Å². The zero-order valence-corrected chi connectivity index (χ0v) is 11.7. The third-order valence-corrected chi connectivity index (χ3v) is 3.96. The van der Waals surface area contributed by atoms with Gasteiger partial charge in [0.25, 0.3) is 0 Å². The lowest BCUT2D eigenvalue weighted by Gasteiger charge is -2.29. The number of anilines is 1. The number of nitriles is 1. The lowest BCUT2D eigenvalue weighted by molar-refractivity contribution is 0.395. The molecule has 0 aromatic heterocycles. The van der Waals surface area contributed by atoms with Crippen molar-refractivity contribution in [3.63, 3.8) is 0 Å². The van der Waals surface area contributed by atoms with Gasteiger partial charge in [0.05, 0.1) is 15.7 Å². The highest BCUT2D eigenvalue weighted by Gasteiger charge is 2.20. The van der Waals surface area contributed by atoms with Crippen LogP contribution in [0.4, 0.5) is 10.1 Å². The van der Waals surface area contributed by atoms with Crippen LogP contribution in [0.15, 0.2) is 16.6 Å². The summed E-state index contributed by atoms with van der Waals surface area (Å²) < 4.78 is 14.3. The van der Waals surface area contributed by atoms with Gasteiger partial charge < -0.3 is 10.6 Å². The molecule has 2 N–H and O–H groups in total. The minimum atomic E-state index is -0.389. The summed E-state index contributed by atoms with van der Waals surface area (Å²) in [5.41, 5.74) is 0.775. The fourth-order valence-electron chi connectivity index (χ4n) is 2.23. The molecule has 3 nitrogen and oxygen atoms in total. The van der Waals surface area contributed by atoms with Crippen molar-refractivity contribution in [1.82, 2.24) is 5.32 Å². The van der Waals surface area contributed by atoms with Crippen molar-refractivity contribution in [2.75, 3.05) is 11.9 Å². The first kappa shape index (κ1) is 13.3. The number of halogens is 2. The fourth-order valence-corrected chi connectivity index (χ4v) is 2.66. The van der Waals surface area contributed by atoms with Crippen molar-refractivity contribution >= 4 is 21.6 Å². The molecule has 1 saturated heterocycles. The van der Waals surface area contributed by atoms with Crippen LogP contribution in [0.1, 0.15) is 25.3 Å². The van der Waals surface area contributed by atoms with E-state index in [4.69, 9.17) is 5.26 Å². The molecule has 0 spiro atoms. The summed E-state index contributed by atoms with van der Waals surface area (Å²) in [6.07, 6.45) is 1.94. The predicted molar refractivity (Wildman–Crippen MR) is 72.9 cm³/mol. The molecule has 2 atom stereocenters. The lowest BCUT2D eigenvalue weighted by atomic mass is 10.0. The molecular weight excluding hydrogens is 297 g/mol. The van der Waals surface area contributed by atoms with E-state index in [1.807, 2.05) is 6.07 Å². The third kappa shape index (κ3) is 2.82. The van der Waals surface area contributed by atoms with Gasteiger partial charge in [-0.05, 0) is 54.4 Å². The molecule has 0 aliphatic carbocycles. The number of piperidine rings is 1. The Bertz CT molecular complexity index is 484. The highest BCUT2D eigenvalue weighted by molar-refractivity contribution is 9.10. The van der Waals surface area contributed by atoms with Gasteiger partial charge in [-0.3, -0.25) is 0 Å². The number of nitrogens with one attached hydrogen (secondary N) is 2. The van der Waals surface area contributed by atoms with Crippen molar-refractivity contribution in [3.8, 4) is 6.07 Å². The number of benzene rings is 1. The number of nitrogens with zero attached hydrogens (tertiary/aromatic N) is 1. The molecule has 1 heterocycles. The van der Waals surface area contributed by atoms with Crippen LogP contribution in [0, 0.1) is 17.1 Å². The molecule has 1 aliphatic heterocycles. The Kier molecular flexibility index (Phi) is 4.20. The van der Waals surface area contributed by atoms with Gasteiger partial charge >= 0.3 is 0 Å². The van der Waals surface area contributed by atoms with Gasteiger partial charge in [-0.15, -0.1) is 0 Å². The molecule has 1 fully saturated rings. The van der Waals surface area contributed by atoms with Crippen molar-refractivity contribution in [1.29, 1.82) is 5.26 Å². The summed E-state index contributed by atoms with van der Waals surface area (Å²) in [4.78, 5) is 0. The Hall–Kier alpha value is -1.12. The molecule has 0 radical (unpaired) electrons. The Labute approximate surface area is 115 Å². The van der Waals surface area contributed by atoms with Crippen LogP contribution in [0.3, 0.4) is 0 Å². The van der Waals surface area contributed by atoms with Crippen molar-refractivity contribution in [3.05, 3.63) is 28.0 Å². The topological polar surface area (TPSA) is 47.9 Å². The first-order chi connectivity index (χ1) is 8.61. The van der Waals surface area contributed by atoms with E-state index in [9.17, 15) is 4.39 Å². The normalized spacial score (nSPS) is 23.4. The van der Waals surface area contributed by atoms with E-state index < -0.39 is 0 Å². The second kappa shape index (κ2) is 5.68. The number of hydrogen-bond donors (Lipinski definition) is 2. The molecule has 2 rings (SSSR count). The molecule has 2 unspecified atom stereocenters. The Morgan fingerprint density at radius 1 is 1.56 bits per heavy atom. The molecule has 5 heteroatoms. The van der Waals surface area contributed by atoms with Crippen LogP contribution in [0.5, 0.6) is 0 Å². The maximum atomic E-state index is 14.0. The van der Waals surface area contributed by atoms with Gasteiger partial charge in [0, 0.05) is 12.1 Å². The largest absolute Gasteiger partial charge is 0.380 e. The molecule has 0 bridgehead atoms. The van der Waals surface area contributed by atoms with Crippen molar-refractivity contribution < 1.29 is 4.39 Å². The van der Waals surface area contributed by atoms with E-state index in [1.165, 1.54) is 0 Å². The maximum Gasteiger partial charge on any atom is 0.161 e. The molecule has 0 saturated carbocycles. The summed E-state index contributed by atoms with van der Waals surface area (Å²) >= 11 is 3.12. The summed E-state index contributed by atoms with van der Waals surface area (Å²) in [5, 5.41) is 15.4. The predicted octanol–water partition coefficient (Wildman–Crippen LogP) is 3.01. The van der Waals surface area contributed by atoms with Crippen molar-refractivity contribution in [2.45, 2.75) is 31.8 Å². The van der Waals surface area contributed by atoms with Crippen LogP contribution in [-0.2, 0) is 0 Å². The second-order valence-electron chi connectivity index (χ2n) is 4.62. The van der Waals surface area contributed by atoms with Crippen LogP contribution in [-0.4, -0.2) is 18.6 Å². The fraction of sp³-hybridized carbons (Fsp3) is 0.462. The van der Waals surface area contributed by atoms with Gasteiger partial charge in [0.1, 0.15) is 6.07 Å². The molecule has 1 aliphatic rings. The van der Waals surface area contributed by atoms with E-state index in [-0.39, 0.29) is 16.3 Å². The highest BCUT2D eigenvalue weighted by atomic mass is 79.9. The van der Waals surface area contributed by atoms with Gasteiger partial charge in [-0.1, -0.05) is 0 Å². The molecule has 1 aromatic carbocycles. The smallest absolute Gasteiger partial charge is 0.161 e. The quantitative estimate of drug-likeness (QED) is 0.882. The Morgan fingerprint density at radius 2 is 2.33 bits per heavy atom. The SMILES string of the molecule is CC1CC(Nc2ccc(C#N)c(Br)c2F)CCN1. The van der Waals surface area contributed by atoms with Crippen LogP contribution in [0.25, 0.3) is 0 Å². The standard InChI is InChI=1S/C13H15BrFN3/c1-8-6-10(4-5-17-8)18-11-3-2-9(7-16)12(14)13(11)15/h2-3,8,10,17-18H,4-6H2,1H3. The maximum absolute atomic E-state index is 14.0. The first-order valence-electron chi connectivity index (χ1n) is 6.00. The lowest BCUT2D eigenvalue weighted by Crippen LogP contribution is -2.41. The second-order valence-corrected chi connectivity index (χ2v) is 5.41. The molecule has 18 heavy (non-hydrogen) atoms. The van der Waals surface area contributed by atoms with E-state index in [2.05, 4.69) is 33.5 Å². The molecule has 1 aromatic rings. The molecule has 96 valence electrons. The van der Waals surface area contributed by atoms with Gasteiger partial charge in [0.15, 0.2) is 5.82 Å². The number of rotatable bonds is 2. The monoisotopic (exact) mass is 311 g/mol. The Morgan fingerprint density at radius 3 is 3.00 bits per heavy atom. The van der Waals surface area contributed by atoms with Crippen LogP contribution >= 0.6 is 15.9 Å². The number of hydrogen-bond acceptors (Lipinski definition) is 3. The zero-order chi connectivity index (χ0) is 13.1. The van der Waals surface area contributed by atoms with E-state index in [0.29, 0.717) is 17.3 Å². The minimum Gasteiger partial charge on any atom is -0.380 e. The average Bonchev–Trinajstić information content (AvgIpc) is 2.35. The van der Waals surface area contributed by atoms with E-state index in [0.717, 1.165) is 19.4 Å². The van der Waals surface area contributed by atoms with Crippen molar-refractivity contribution in [2.24, 2.45) is 0 Å². The molecular formula is C13H15BrFN3. The van der Waals surface area contributed by atoms with Crippen LogP contribution < -0.4 is 10.6 Å². The first-order valence-corrected chi connectivity index (χ1v) is 6.79. The summed E-state index contributed by atoms with van der Waals surface area (Å²) in [5.74, 6) is -0.389. The average molecular weight is 312 g/mol.